The number of hydrogen-bond donors (Lipinski definition) is 4. The Labute approximate surface area is 123 Å². The van der Waals surface area contributed by atoms with Gasteiger partial charge in [0.25, 0.3) is 0 Å². The van der Waals surface area contributed by atoms with Gasteiger partial charge in [-0.1, -0.05) is 13.8 Å². The van der Waals surface area contributed by atoms with E-state index in [1.165, 1.54) is 0 Å². The zero-order valence-corrected chi connectivity index (χ0v) is 12.4. The summed E-state index contributed by atoms with van der Waals surface area (Å²) in [4.78, 5) is 32.8. The maximum absolute atomic E-state index is 11.5. The van der Waals surface area contributed by atoms with Crippen LogP contribution in [0.25, 0.3) is 0 Å². The number of nitrogens with one attached hydrogen (secondary N) is 2. The fourth-order valence-electron chi connectivity index (χ4n) is 1.48. The van der Waals surface area contributed by atoms with Gasteiger partial charge < -0.3 is 25.6 Å². The number of aliphatic carboxylic acids is 2. The van der Waals surface area contributed by atoms with E-state index in [0.717, 1.165) is 0 Å². The van der Waals surface area contributed by atoms with Gasteiger partial charge in [0.15, 0.2) is 0 Å². The van der Waals surface area contributed by atoms with Crippen molar-refractivity contribution in [3.63, 3.8) is 0 Å². The van der Waals surface area contributed by atoms with Crippen LogP contribution in [0.3, 0.4) is 0 Å². The van der Waals surface area contributed by atoms with Gasteiger partial charge in [0.1, 0.15) is 6.04 Å². The number of urea groups is 1. The van der Waals surface area contributed by atoms with Gasteiger partial charge in [-0.3, -0.25) is 4.79 Å². The molecule has 0 aromatic rings. The molecule has 0 unspecified atom stereocenters. The molecule has 0 bridgehead atoms. The topological polar surface area (TPSA) is 125 Å². The molecule has 0 rings (SSSR count). The van der Waals surface area contributed by atoms with E-state index in [9.17, 15) is 14.4 Å². The first-order valence-electron chi connectivity index (χ1n) is 6.89. The number of carbonyl (C=O) groups excluding carboxylic acids is 1. The molecule has 122 valence electrons. The Morgan fingerprint density at radius 3 is 2.38 bits per heavy atom. The standard InChI is InChI=1S/C13H24N2O6/c1-9(2)8-21-7-6-14-13(20)15-10(12(18)19)4-3-5-11(16)17/h9-10H,3-8H2,1-2H3,(H,16,17)(H,18,19)(H2,14,15,20)/t10-/m1/s1. The second kappa shape index (κ2) is 10.9. The van der Waals surface area contributed by atoms with Gasteiger partial charge in [-0.05, 0) is 18.8 Å². The van der Waals surface area contributed by atoms with Crippen molar-refractivity contribution in [3.8, 4) is 0 Å². The average Bonchev–Trinajstić information content (AvgIpc) is 2.36. The predicted molar refractivity (Wildman–Crippen MR) is 75.1 cm³/mol. The Bertz CT molecular complexity index is 346. The van der Waals surface area contributed by atoms with Crippen molar-refractivity contribution in [1.82, 2.24) is 10.6 Å². The summed E-state index contributed by atoms with van der Waals surface area (Å²) in [6, 6.07) is -1.70. The van der Waals surface area contributed by atoms with Crippen LogP contribution in [0, 0.1) is 5.92 Å². The van der Waals surface area contributed by atoms with Crippen LogP contribution in [0.2, 0.25) is 0 Å². The highest BCUT2D eigenvalue weighted by Crippen LogP contribution is 2.01. The zero-order chi connectivity index (χ0) is 16.3. The van der Waals surface area contributed by atoms with E-state index in [2.05, 4.69) is 10.6 Å². The number of carboxylic acid groups (broad SMARTS) is 2. The highest BCUT2D eigenvalue weighted by atomic mass is 16.5. The first-order chi connectivity index (χ1) is 9.82. The monoisotopic (exact) mass is 304 g/mol. The second-order valence-electron chi connectivity index (χ2n) is 5.05. The van der Waals surface area contributed by atoms with Crippen molar-refractivity contribution in [3.05, 3.63) is 0 Å². The van der Waals surface area contributed by atoms with Gasteiger partial charge in [-0.15, -0.1) is 0 Å². The molecule has 0 fully saturated rings. The molecule has 0 aliphatic rings. The molecule has 0 aromatic carbocycles. The Balaban J connectivity index is 3.89. The number of carboxylic acids is 2. The maximum Gasteiger partial charge on any atom is 0.326 e. The molecule has 21 heavy (non-hydrogen) atoms. The molecule has 0 radical (unpaired) electrons. The molecular weight excluding hydrogens is 280 g/mol. The molecule has 8 heteroatoms. The van der Waals surface area contributed by atoms with E-state index in [0.29, 0.717) is 19.1 Å². The molecule has 8 nitrogen and oxygen atoms in total. The van der Waals surface area contributed by atoms with Crippen LogP contribution in [0.15, 0.2) is 0 Å². The molecule has 0 aliphatic carbocycles. The van der Waals surface area contributed by atoms with Crippen LogP contribution in [0.5, 0.6) is 0 Å². The highest BCUT2D eigenvalue weighted by molar-refractivity contribution is 5.82. The summed E-state index contributed by atoms with van der Waals surface area (Å²) in [6.45, 7) is 5.24. The first-order valence-corrected chi connectivity index (χ1v) is 6.89. The van der Waals surface area contributed by atoms with Crippen molar-refractivity contribution in [2.24, 2.45) is 5.92 Å². The lowest BCUT2D eigenvalue weighted by molar-refractivity contribution is -0.140. The van der Waals surface area contributed by atoms with E-state index in [1.54, 1.807) is 0 Å². The Kier molecular flexibility index (Phi) is 9.95. The average molecular weight is 304 g/mol. The molecule has 0 aromatic heterocycles. The first kappa shape index (κ1) is 19.2. The summed E-state index contributed by atoms with van der Waals surface area (Å²) in [5.74, 6) is -1.78. The lowest BCUT2D eigenvalue weighted by atomic mass is 10.1. The van der Waals surface area contributed by atoms with Crippen LogP contribution in [0.1, 0.15) is 33.1 Å². The summed E-state index contributed by atoms with van der Waals surface area (Å²) in [7, 11) is 0. The van der Waals surface area contributed by atoms with Gasteiger partial charge in [-0.25, -0.2) is 9.59 Å². The third kappa shape index (κ3) is 11.7. The van der Waals surface area contributed by atoms with E-state index in [1.807, 2.05) is 13.8 Å². The zero-order valence-electron chi connectivity index (χ0n) is 12.4. The normalized spacial score (nSPS) is 12.0. The smallest absolute Gasteiger partial charge is 0.326 e. The number of amides is 2. The number of hydrogen-bond acceptors (Lipinski definition) is 4. The molecule has 0 heterocycles. The minimum absolute atomic E-state index is 0.0684. The number of carbonyl (C=O) groups is 3. The number of rotatable bonds is 11. The maximum atomic E-state index is 11.5. The lowest BCUT2D eigenvalue weighted by Crippen LogP contribution is -2.46. The second-order valence-corrected chi connectivity index (χ2v) is 5.05. The van der Waals surface area contributed by atoms with Crippen LogP contribution < -0.4 is 10.6 Å². The molecule has 0 aliphatic heterocycles. The van der Waals surface area contributed by atoms with E-state index < -0.39 is 24.0 Å². The van der Waals surface area contributed by atoms with Crippen LogP contribution >= 0.6 is 0 Å². The summed E-state index contributed by atoms with van der Waals surface area (Å²) >= 11 is 0. The molecule has 0 spiro atoms. The summed E-state index contributed by atoms with van der Waals surface area (Å²) in [5, 5.41) is 22.2. The van der Waals surface area contributed by atoms with Gasteiger partial charge in [0.2, 0.25) is 0 Å². The lowest BCUT2D eigenvalue weighted by Gasteiger charge is -2.15. The molecule has 0 saturated carbocycles. The minimum atomic E-state index is -1.19. The summed E-state index contributed by atoms with van der Waals surface area (Å²) in [6.07, 6.45) is 0.124. The van der Waals surface area contributed by atoms with Gasteiger partial charge >= 0.3 is 18.0 Å². The fraction of sp³-hybridized carbons (Fsp3) is 0.769. The largest absolute Gasteiger partial charge is 0.481 e. The van der Waals surface area contributed by atoms with Crippen LogP contribution in [0.4, 0.5) is 4.79 Å². The van der Waals surface area contributed by atoms with Crippen LogP contribution in [-0.4, -0.2) is 54.0 Å². The molecule has 1 atom stereocenters. The summed E-state index contributed by atoms with van der Waals surface area (Å²) in [5.41, 5.74) is 0. The quantitative estimate of drug-likeness (QED) is 0.416. The van der Waals surface area contributed by atoms with Gasteiger partial charge in [-0.2, -0.15) is 0 Å². The highest BCUT2D eigenvalue weighted by Gasteiger charge is 2.19. The predicted octanol–water partition coefficient (Wildman–Crippen LogP) is 0.666. The SMILES string of the molecule is CC(C)COCCNC(=O)N[C@H](CCCC(=O)O)C(=O)O. The molecular formula is C13H24N2O6. The third-order valence-electron chi connectivity index (χ3n) is 2.47. The van der Waals surface area contributed by atoms with Crippen molar-refractivity contribution in [2.75, 3.05) is 19.8 Å². The Morgan fingerprint density at radius 1 is 1.19 bits per heavy atom. The van der Waals surface area contributed by atoms with E-state index in [-0.39, 0.29) is 25.8 Å². The van der Waals surface area contributed by atoms with Crippen molar-refractivity contribution >= 4 is 18.0 Å². The van der Waals surface area contributed by atoms with Crippen molar-refractivity contribution in [1.29, 1.82) is 0 Å². The van der Waals surface area contributed by atoms with Gasteiger partial charge in [0, 0.05) is 19.6 Å². The van der Waals surface area contributed by atoms with Gasteiger partial charge in [0.05, 0.1) is 6.61 Å². The third-order valence-corrected chi connectivity index (χ3v) is 2.47. The molecule has 0 saturated heterocycles. The van der Waals surface area contributed by atoms with Crippen molar-refractivity contribution in [2.45, 2.75) is 39.2 Å². The van der Waals surface area contributed by atoms with E-state index >= 15 is 0 Å². The minimum Gasteiger partial charge on any atom is -0.481 e. The fourth-order valence-corrected chi connectivity index (χ4v) is 1.48. The van der Waals surface area contributed by atoms with Crippen LogP contribution in [-0.2, 0) is 14.3 Å². The molecule has 4 N–H and O–H groups in total. The Hall–Kier alpha value is -1.83. The number of ether oxygens (including phenoxy) is 1. The molecule has 2 amide bonds. The van der Waals surface area contributed by atoms with Crippen molar-refractivity contribution < 1.29 is 29.3 Å². The summed E-state index contributed by atoms with van der Waals surface area (Å²) < 4.78 is 5.27. The Morgan fingerprint density at radius 2 is 1.86 bits per heavy atom. The van der Waals surface area contributed by atoms with E-state index in [4.69, 9.17) is 14.9 Å².